The summed E-state index contributed by atoms with van der Waals surface area (Å²) in [6, 6.07) is 10.3. The highest BCUT2D eigenvalue weighted by molar-refractivity contribution is 5.95. The fraction of sp³-hybridized carbons (Fsp3) is 0.214. The van der Waals surface area contributed by atoms with Crippen LogP contribution in [-0.2, 0) is 0 Å². The molecule has 6 aromatic rings. The lowest BCUT2D eigenvalue weighted by Gasteiger charge is -2.15. The lowest BCUT2D eigenvalue weighted by molar-refractivity contribution is 0.237. The summed E-state index contributed by atoms with van der Waals surface area (Å²) >= 11 is 0. The SMILES string of the molecule is Fc1cc(OCCN2CCCC2)cc(-c2ccnc3[nH]c(-c4n[nH]c5ccc(-c6cnccn6)nc45)nc23)c1. The van der Waals surface area contributed by atoms with Gasteiger partial charge in [0.25, 0.3) is 0 Å². The largest absolute Gasteiger partial charge is 0.492 e. The molecule has 5 aromatic heterocycles. The average Bonchev–Trinajstić information content (AvgIpc) is 3.72. The van der Waals surface area contributed by atoms with E-state index in [9.17, 15) is 4.39 Å². The number of imidazole rings is 1. The molecule has 1 aliphatic rings. The fourth-order valence-electron chi connectivity index (χ4n) is 4.99. The molecular formula is C28H24FN9O. The van der Waals surface area contributed by atoms with Crippen LogP contribution in [0.25, 0.3) is 56.2 Å². The Morgan fingerprint density at radius 2 is 1.85 bits per heavy atom. The summed E-state index contributed by atoms with van der Waals surface area (Å²) in [7, 11) is 0. The number of hydrogen-bond acceptors (Lipinski definition) is 8. The van der Waals surface area contributed by atoms with E-state index in [1.807, 2.05) is 24.3 Å². The normalized spacial score (nSPS) is 14.0. The molecule has 0 spiro atoms. The van der Waals surface area contributed by atoms with Crippen LogP contribution in [0.3, 0.4) is 0 Å². The van der Waals surface area contributed by atoms with Gasteiger partial charge in [0.2, 0.25) is 0 Å². The molecule has 10 nitrogen and oxygen atoms in total. The van der Waals surface area contributed by atoms with Gasteiger partial charge in [-0.05, 0) is 61.8 Å². The monoisotopic (exact) mass is 521 g/mol. The van der Waals surface area contributed by atoms with Crippen molar-refractivity contribution in [1.29, 1.82) is 0 Å². The van der Waals surface area contributed by atoms with Gasteiger partial charge < -0.3 is 9.72 Å². The summed E-state index contributed by atoms with van der Waals surface area (Å²) < 4.78 is 20.6. The highest BCUT2D eigenvalue weighted by atomic mass is 19.1. The molecule has 0 aliphatic carbocycles. The predicted octanol–water partition coefficient (Wildman–Crippen LogP) is 4.63. The Morgan fingerprint density at radius 3 is 2.72 bits per heavy atom. The molecule has 0 bridgehead atoms. The van der Waals surface area contributed by atoms with Crippen LogP contribution in [0.15, 0.2) is 61.2 Å². The van der Waals surface area contributed by atoms with E-state index < -0.39 is 0 Å². The van der Waals surface area contributed by atoms with E-state index in [-0.39, 0.29) is 5.82 Å². The second-order valence-electron chi connectivity index (χ2n) is 9.47. The Bertz CT molecular complexity index is 1780. The molecule has 0 saturated carbocycles. The maximum absolute atomic E-state index is 14.7. The minimum absolute atomic E-state index is 0.372. The highest BCUT2D eigenvalue weighted by Crippen LogP contribution is 2.33. The van der Waals surface area contributed by atoms with Crippen LogP contribution in [0, 0.1) is 5.82 Å². The molecule has 39 heavy (non-hydrogen) atoms. The van der Waals surface area contributed by atoms with Crippen LogP contribution < -0.4 is 4.74 Å². The molecule has 1 saturated heterocycles. The number of halogens is 1. The molecule has 2 N–H and O–H groups in total. The fourth-order valence-corrected chi connectivity index (χ4v) is 4.99. The second kappa shape index (κ2) is 9.84. The van der Waals surface area contributed by atoms with Gasteiger partial charge in [0.15, 0.2) is 17.2 Å². The van der Waals surface area contributed by atoms with Crippen molar-refractivity contribution in [1.82, 2.24) is 45.0 Å². The number of pyridine rings is 2. The maximum atomic E-state index is 14.7. The predicted molar refractivity (Wildman–Crippen MR) is 144 cm³/mol. The zero-order chi connectivity index (χ0) is 26.2. The summed E-state index contributed by atoms with van der Waals surface area (Å²) in [6.07, 6.45) is 9.02. The number of rotatable bonds is 7. The third-order valence-electron chi connectivity index (χ3n) is 6.90. The number of benzene rings is 1. The highest BCUT2D eigenvalue weighted by Gasteiger charge is 2.18. The second-order valence-corrected chi connectivity index (χ2v) is 9.47. The Morgan fingerprint density at radius 1 is 0.923 bits per heavy atom. The molecule has 1 aromatic carbocycles. The smallest absolute Gasteiger partial charge is 0.162 e. The molecule has 1 aliphatic heterocycles. The van der Waals surface area contributed by atoms with E-state index in [1.54, 1.807) is 24.8 Å². The molecule has 11 heteroatoms. The number of aromatic nitrogens is 8. The van der Waals surface area contributed by atoms with Gasteiger partial charge in [0.05, 0.1) is 17.4 Å². The summed E-state index contributed by atoms with van der Waals surface area (Å²) in [5.74, 6) is 0.617. The van der Waals surface area contributed by atoms with Crippen molar-refractivity contribution in [2.75, 3.05) is 26.2 Å². The van der Waals surface area contributed by atoms with Gasteiger partial charge >= 0.3 is 0 Å². The van der Waals surface area contributed by atoms with E-state index in [2.05, 4.69) is 35.0 Å². The third-order valence-corrected chi connectivity index (χ3v) is 6.90. The van der Waals surface area contributed by atoms with E-state index >= 15 is 0 Å². The molecule has 0 unspecified atom stereocenters. The van der Waals surface area contributed by atoms with Crippen molar-refractivity contribution in [2.45, 2.75) is 12.8 Å². The number of ether oxygens (including phenoxy) is 1. The first-order valence-electron chi connectivity index (χ1n) is 12.8. The molecular weight excluding hydrogens is 497 g/mol. The number of aromatic amines is 2. The number of fused-ring (bicyclic) bond motifs is 2. The molecule has 194 valence electrons. The molecule has 1 fully saturated rings. The van der Waals surface area contributed by atoms with E-state index in [0.717, 1.165) is 30.7 Å². The number of likely N-dealkylation sites (tertiary alicyclic amines) is 1. The van der Waals surface area contributed by atoms with Crippen molar-refractivity contribution in [2.24, 2.45) is 0 Å². The minimum Gasteiger partial charge on any atom is -0.492 e. The molecule has 0 radical (unpaired) electrons. The van der Waals surface area contributed by atoms with Crippen molar-refractivity contribution in [3.05, 3.63) is 67.0 Å². The van der Waals surface area contributed by atoms with E-state index in [4.69, 9.17) is 14.7 Å². The molecule has 0 amide bonds. The summed E-state index contributed by atoms with van der Waals surface area (Å²) in [5.41, 5.74) is 5.82. The first-order chi connectivity index (χ1) is 19.2. The minimum atomic E-state index is -0.372. The van der Waals surface area contributed by atoms with Crippen LogP contribution in [-0.4, -0.2) is 71.2 Å². The Balaban J connectivity index is 1.23. The quantitative estimate of drug-likeness (QED) is 0.312. The lowest BCUT2D eigenvalue weighted by atomic mass is 10.1. The Kier molecular flexibility index (Phi) is 5.89. The third kappa shape index (κ3) is 4.57. The van der Waals surface area contributed by atoms with Gasteiger partial charge in [-0.2, -0.15) is 5.10 Å². The van der Waals surface area contributed by atoms with Crippen molar-refractivity contribution in [3.8, 4) is 39.8 Å². The number of nitrogens with zero attached hydrogens (tertiary/aromatic N) is 7. The first-order valence-corrected chi connectivity index (χ1v) is 12.8. The maximum Gasteiger partial charge on any atom is 0.162 e. The lowest BCUT2D eigenvalue weighted by Crippen LogP contribution is -2.25. The van der Waals surface area contributed by atoms with Crippen LogP contribution in [0.1, 0.15) is 12.8 Å². The molecule has 7 rings (SSSR count). The topological polar surface area (TPSA) is 121 Å². The zero-order valence-electron chi connectivity index (χ0n) is 20.9. The summed E-state index contributed by atoms with van der Waals surface area (Å²) in [5, 5.41) is 7.48. The van der Waals surface area contributed by atoms with Gasteiger partial charge in [0, 0.05) is 36.8 Å². The summed E-state index contributed by atoms with van der Waals surface area (Å²) in [4.78, 5) is 28.1. The standard InChI is InChI=1S/C28H24FN9O/c29-18-13-17(14-19(15-18)39-12-11-38-9-1-2-10-38)20-5-6-32-27-24(20)34-28(35-27)26-25-22(36-37-26)4-3-21(33-25)23-16-30-7-8-31-23/h3-8,13-16H,1-2,9-12H2,(H,36,37)(H,32,34,35). The van der Waals surface area contributed by atoms with Crippen molar-refractivity contribution in [3.63, 3.8) is 0 Å². The zero-order valence-corrected chi connectivity index (χ0v) is 20.9. The van der Waals surface area contributed by atoms with Crippen LogP contribution in [0.4, 0.5) is 4.39 Å². The van der Waals surface area contributed by atoms with E-state index in [1.165, 1.54) is 25.0 Å². The van der Waals surface area contributed by atoms with Crippen LogP contribution in [0.5, 0.6) is 5.75 Å². The van der Waals surface area contributed by atoms with Crippen LogP contribution in [0.2, 0.25) is 0 Å². The summed E-state index contributed by atoms with van der Waals surface area (Å²) in [6.45, 7) is 3.53. The first kappa shape index (κ1) is 23.4. The van der Waals surface area contributed by atoms with Crippen molar-refractivity contribution >= 4 is 22.2 Å². The van der Waals surface area contributed by atoms with Gasteiger partial charge in [0.1, 0.15) is 34.9 Å². The van der Waals surface area contributed by atoms with Gasteiger partial charge in [-0.15, -0.1) is 0 Å². The van der Waals surface area contributed by atoms with Crippen molar-refractivity contribution < 1.29 is 9.13 Å². The van der Waals surface area contributed by atoms with Gasteiger partial charge in [-0.25, -0.2) is 19.3 Å². The number of H-pyrrole nitrogens is 2. The Hall–Kier alpha value is -4.77. The van der Waals surface area contributed by atoms with Gasteiger partial charge in [-0.1, -0.05) is 0 Å². The van der Waals surface area contributed by atoms with E-state index in [0.29, 0.717) is 57.5 Å². The average molecular weight is 522 g/mol. The van der Waals surface area contributed by atoms with Crippen LogP contribution >= 0.6 is 0 Å². The molecule has 0 atom stereocenters. The Labute approximate surface area is 222 Å². The number of nitrogens with one attached hydrogen (secondary N) is 2. The van der Waals surface area contributed by atoms with Gasteiger partial charge in [-0.3, -0.25) is 20.0 Å². The number of hydrogen-bond donors (Lipinski definition) is 2. The molecule has 6 heterocycles.